The van der Waals surface area contributed by atoms with E-state index in [1.807, 2.05) is 64.1 Å². The van der Waals surface area contributed by atoms with Crippen molar-refractivity contribution < 1.29 is 36.6 Å². The van der Waals surface area contributed by atoms with Gasteiger partial charge in [0, 0.05) is 40.2 Å². The van der Waals surface area contributed by atoms with Crippen molar-refractivity contribution in [3.63, 3.8) is 0 Å². The average Bonchev–Trinajstić information content (AvgIpc) is 3.53. The monoisotopic (exact) mass is 567 g/mol. The van der Waals surface area contributed by atoms with E-state index >= 15 is 0 Å². The number of allylic oxidation sites excluding steroid dienone is 3. The Morgan fingerprint density at radius 3 is 2.38 bits per heavy atom. The summed E-state index contributed by atoms with van der Waals surface area (Å²) in [5, 5.41) is 20.6. The van der Waals surface area contributed by atoms with Crippen molar-refractivity contribution in [2.75, 3.05) is 0 Å². The van der Waals surface area contributed by atoms with E-state index in [4.69, 9.17) is 15.0 Å². The SMILES string of the molecule is CC1=Cc2cc3[nH]c(cc4nc(cc5[n-]c(cc1n2)c(C)c5CCC(=O)O)C(CCC(=O)[O-])=C4C)cc3C.[Co]. The molecule has 0 saturated heterocycles. The predicted molar refractivity (Wildman–Crippen MR) is 146 cm³/mol. The summed E-state index contributed by atoms with van der Waals surface area (Å²) in [5.41, 5.74) is 11.7. The molecule has 0 spiro atoms. The number of hydrogen-bond donors (Lipinski definition) is 2. The number of carboxylic acid groups (broad SMARTS) is 2. The molecule has 3 aromatic heterocycles. The van der Waals surface area contributed by atoms with Crippen LogP contribution in [0.4, 0.5) is 0 Å². The number of carbonyl (C=O) groups excluding carboxylic acids is 1. The fraction of sp³-hybridized carbons (Fsp3) is 0.267. The van der Waals surface area contributed by atoms with E-state index in [1.165, 1.54) is 0 Å². The fourth-order valence-corrected chi connectivity index (χ4v) is 5.02. The number of H-pyrrole nitrogens is 1. The zero-order chi connectivity index (χ0) is 27.1. The second kappa shape index (κ2) is 11.0. The Morgan fingerprint density at radius 2 is 1.67 bits per heavy atom. The molecule has 9 heteroatoms. The molecule has 0 fully saturated rings. The number of nitrogens with zero attached hydrogens (tertiary/aromatic N) is 3. The van der Waals surface area contributed by atoms with Crippen LogP contribution in [0.5, 0.6) is 0 Å². The summed E-state index contributed by atoms with van der Waals surface area (Å²) < 4.78 is 0. The number of aryl methyl sites for hydroxylation is 3. The van der Waals surface area contributed by atoms with Crippen LogP contribution in [0.3, 0.4) is 0 Å². The number of carboxylic acids is 2. The number of aliphatic carboxylic acids is 2. The maximum atomic E-state index is 11.4. The molecule has 3 aromatic rings. The van der Waals surface area contributed by atoms with Crippen LogP contribution in [0.2, 0.25) is 0 Å². The first kappa shape index (κ1) is 28.1. The molecule has 0 aromatic carbocycles. The molecule has 5 rings (SSSR count). The van der Waals surface area contributed by atoms with Crippen LogP contribution in [-0.4, -0.2) is 32.0 Å². The first-order chi connectivity index (χ1) is 18.1. The summed E-state index contributed by atoms with van der Waals surface area (Å²) in [4.78, 5) is 40.7. The summed E-state index contributed by atoms with van der Waals surface area (Å²) in [5.74, 6) is -2.01. The molecule has 2 aliphatic heterocycles. The Morgan fingerprint density at radius 1 is 0.923 bits per heavy atom. The third kappa shape index (κ3) is 5.74. The zero-order valence-electron chi connectivity index (χ0n) is 22.1. The molecule has 5 heterocycles. The van der Waals surface area contributed by atoms with E-state index in [9.17, 15) is 19.8 Å². The number of hydrogen-bond acceptors (Lipinski definition) is 5. The van der Waals surface area contributed by atoms with Gasteiger partial charge < -0.3 is 25.0 Å². The van der Waals surface area contributed by atoms with Crippen molar-refractivity contribution in [2.45, 2.75) is 53.4 Å². The van der Waals surface area contributed by atoms with Gasteiger partial charge >= 0.3 is 5.97 Å². The molecule has 2 aliphatic rings. The maximum Gasteiger partial charge on any atom is 0.303 e. The molecule has 0 saturated carbocycles. The van der Waals surface area contributed by atoms with E-state index in [-0.39, 0.29) is 36.0 Å². The Balaban J connectivity index is 0.00000353. The third-order valence-electron chi connectivity index (χ3n) is 7.17. The quantitative estimate of drug-likeness (QED) is 0.445. The van der Waals surface area contributed by atoms with Crippen LogP contribution >= 0.6 is 0 Å². The summed E-state index contributed by atoms with van der Waals surface area (Å²) in [6.07, 6.45) is 2.46. The predicted octanol–water partition coefficient (Wildman–Crippen LogP) is 4.60. The van der Waals surface area contributed by atoms with Gasteiger partial charge in [-0.05, 0) is 93.5 Å². The molecule has 2 N–H and O–H groups in total. The minimum Gasteiger partial charge on any atom is -0.657 e. The van der Waals surface area contributed by atoms with E-state index in [0.29, 0.717) is 17.6 Å². The van der Waals surface area contributed by atoms with Crippen LogP contribution in [0.15, 0.2) is 30.3 Å². The Kier molecular flexibility index (Phi) is 7.94. The Bertz CT molecular complexity index is 1730. The Hall–Kier alpha value is -3.95. The summed E-state index contributed by atoms with van der Waals surface area (Å²) in [6.45, 7) is 7.91. The van der Waals surface area contributed by atoms with E-state index in [0.717, 1.165) is 67.0 Å². The Labute approximate surface area is 236 Å². The van der Waals surface area contributed by atoms with Crippen LogP contribution in [0.25, 0.3) is 44.9 Å². The number of rotatable bonds is 6. The van der Waals surface area contributed by atoms with Gasteiger partial charge in [0.15, 0.2) is 0 Å². The first-order valence-electron chi connectivity index (χ1n) is 12.6. The van der Waals surface area contributed by atoms with E-state index in [1.54, 1.807) is 0 Å². The molecule has 0 unspecified atom stereocenters. The second-order valence-corrected chi connectivity index (χ2v) is 9.89. The van der Waals surface area contributed by atoms with Crippen molar-refractivity contribution >= 4 is 56.8 Å². The van der Waals surface area contributed by atoms with Crippen molar-refractivity contribution in [3.05, 3.63) is 69.8 Å². The van der Waals surface area contributed by atoms with Crippen molar-refractivity contribution in [1.29, 1.82) is 0 Å². The molecular formula is C30H28CoN4O4-2. The van der Waals surface area contributed by atoms with Gasteiger partial charge in [-0.2, -0.15) is 0 Å². The topological polar surface area (TPSA) is 133 Å². The van der Waals surface area contributed by atoms with Crippen molar-refractivity contribution in [1.82, 2.24) is 19.9 Å². The maximum absolute atomic E-state index is 11.4. The number of fused-ring (bicyclic) bond motifs is 8. The number of carbonyl (C=O) groups is 2. The van der Waals surface area contributed by atoms with Gasteiger partial charge in [-0.3, -0.25) is 4.79 Å². The molecular weight excluding hydrogens is 539 g/mol. The molecule has 0 amide bonds. The zero-order valence-corrected chi connectivity index (χ0v) is 23.2. The van der Waals surface area contributed by atoms with Crippen molar-refractivity contribution in [2.24, 2.45) is 0 Å². The summed E-state index contributed by atoms with van der Waals surface area (Å²) >= 11 is 0. The molecule has 203 valence electrons. The standard InChI is InChI=1S/C30H30N4O4.Co/c1-15-9-20-12-25-17(3)21(5-7-29(35)36)27(33-25)14-28-22(6-8-30(37)38)18(4)26(34-28)13-24-16(2)10-19(32-24)11-23(15)31-20;/h9-14H,5-8H2,1-4H3,(H4,31,32,33,34,35,36,37,38);/p-2. The second-order valence-electron chi connectivity index (χ2n) is 9.89. The minimum atomic E-state index is -1.13. The van der Waals surface area contributed by atoms with Crippen LogP contribution in [0.1, 0.15) is 72.6 Å². The number of aromatic nitrogens is 4. The molecule has 1 radical (unpaired) electrons. The third-order valence-corrected chi connectivity index (χ3v) is 7.17. The molecule has 8 bridgehead atoms. The van der Waals surface area contributed by atoms with Gasteiger partial charge in [-0.15, -0.1) is 11.0 Å². The number of aromatic amines is 1. The largest absolute Gasteiger partial charge is 0.657 e. The van der Waals surface area contributed by atoms with E-state index in [2.05, 4.69) is 4.98 Å². The van der Waals surface area contributed by atoms with E-state index < -0.39 is 11.9 Å². The number of nitrogens with one attached hydrogen (secondary N) is 1. The average molecular weight is 568 g/mol. The molecule has 39 heavy (non-hydrogen) atoms. The smallest absolute Gasteiger partial charge is 0.303 e. The van der Waals surface area contributed by atoms with Gasteiger partial charge in [-0.25, -0.2) is 9.97 Å². The first-order valence-corrected chi connectivity index (χ1v) is 12.6. The normalized spacial score (nSPS) is 12.8. The molecule has 8 nitrogen and oxygen atoms in total. The van der Waals surface area contributed by atoms with Crippen LogP contribution in [0, 0.1) is 13.8 Å². The van der Waals surface area contributed by atoms with Gasteiger partial charge in [0.1, 0.15) is 0 Å². The molecule has 0 atom stereocenters. The van der Waals surface area contributed by atoms with Crippen LogP contribution < -0.4 is 10.1 Å². The van der Waals surface area contributed by atoms with Crippen molar-refractivity contribution in [3.8, 4) is 0 Å². The molecule has 0 aliphatic carbocycles. The van der Waals surface area contributed by atoms with Gasteiger partial charge in [0.2, 0.25) is 0 Å². The van der Waals surface area contributed by atoms with Gasteiger partial charge in [0.25, 0.3) is 0 Å². The minimum absolute atomic E-state index is 0. The van der Waals surface area contributed by atoms with Gasteiger partial charge in [0.05, 0.1) is 22.8 Å². The summed E-state index contributed by atoms with van der Waals surface area (Å²) in [6, 6.07) is 9.78. The fourth-order valence-electron chi connectivity index (χ4n) is 5.02. The van der Waals surface area contributed by atoms with Gasteiger partial charge in [-0.1, -0.05) is 23.3 Å². The summed E-state index contributed by atoms with van der Waals surface area (Å²) in [7, 11) is 0. The van der Waals surface area contributed by atoms with Crippen LogP contribution in [-0.2, 0) is 32.8 Å².